The predicted octanol–water partition coefficient (Wildman–Crippen LogP) is 1.98. The van der Waals surface area contributed by atoms with Crippen LogP contribution in [0.4, 0.5) is 0 Å². The second-order valence-corrected chi connectivity index (χ2v) is 4.13. The van der Waals surface area contributed by atoms with Gasteiger partial charge in [0.2, 0.25) is 5.91 Å². The zero-order valence-electron chi connectivity index (χ0n) is 8.89. The summed E-state index contributed by atoms with van der Waals surface area (Å²) in [6.07, 6.45) is 1.56. The van der Waals surface area contributed by atoms with E-state index in [0.717, 1.165) is 19.5 Å². The third-order valence-corrected chi connectivity index (χ3v) is 2.92. The summed E-state index contributed by atoms with van der Waals surface area (Å²) in [7, 11) is 1.73. The van der Waals surface area contributed by atoms with Crippen LogP contribution in [0.25, 0.3) is 0 Å². The van der Waals surface area contributed by atoms with Crippen LogP contribution < -0.4 is 5.32 Å². The number of carbonyl (C=O) groups is 1. The van der Waals surface area contributed by atoms with Gasteiger partial charge in [-0.3, -0.25) is 4.79 Å². The quantitative estimate of drug-likeness (QED) is 0.592. The first-order valence-electron chi connectivity index (χ1n) is 4.81. The first-order valence-corrected chi connectivity index (χ1v) is 11.1. The average Bonchev–Trinajstić information content (AvgIpc) is 2.23. The van der Waals surface area contributed by atoms with Crippen molar-refractivity contribution in [3.8, 4) is 0 Å². The molecule has 1 N–H and O–H groups in total. The molecular formula is C9H15I2N3O. The van der Waals surface area contributed by atoms with E-state index in [1.807, 2.05) is 0 Å². The van der Waals surface area contributed by atoms with Gasteiger partial charge in [-0.15, -0.1) is 0 Å². The third kappa shape index (κ3) is 3.02. The van der Waals surface area contributed by atoms with Gasteiger partial charge in [0.1, 0.15) is 0 Å². The summed E-state index contributed by atoms with van der Waals surface area (Å²) in [5.41, 5.74) is 1.15. The standard InChI is InChI=1S/C9H15N3O.I2/c1-9-5-8(13)12(2)11-7(9)3-4-10-6-9;1-2/h10H,3-6H2,1-2H3;. The minimum absolute atomic E-state index is 0.0259. The van der Waals surface area contributed by atoms with Crippen LogP contribution in [0, 0.1) is 5.41 Å². The first kappa shape index (κ1) is 13.6. The van der Waals surface area contributed by atoms with Crippen LogP contribution in [-0.2, 0) is 4.79 Å². The lowest BCUT2D eigenvalue weighted by Gasteiger charge is -2.39. The number of hydrogen-bond acceptors (Lipinski definition) is 3. The summed E-state index contributed by atoms with van der Waals surface area (Å²) in [6.45, 7) is 3.98. The molecule has 1 saturated heterocycles. The molecule has 1 unspecified atom stereocenters. The fourth-order valence-corrected chi connectivity index (χ4v) is 2.00. The number of halogens is 2. The van der Waals surface area contributed by atoms with Gasteiger partial charge in [-0.05, 0) is 0 Å². The van der Waals surface area contributed by atoms with Crippen LogP contribution in [0.15, 0.2) is 5.10 Å². The lowest BCUT2D eigenvalue weighted by molar-refractivity contribution is -0.132. The monoisotopic (exact) mass is 435 g/mol. The Morgan fingerprint density at radius 1 is 1.53 bits per heavy atom. The maximum Gasteiger partial charge on any atom is 0.243 e. The number of nitrogens with zero attached hydrogens (tertiary/aromatic N) is 2. The highest BCUT2D eigenvalue weighted by molar-refractivity contribution is 15.0. The van der Waals surface area contributed by atoms with Crippen molar-refractivity contribution in [2.45, 2.75) is 19.8 Å². The zero-order valence-corrected chi connectivity index (χ0v) is 13.2. The molecule has 86 valence electrons. The molecule has 0 bridgehead atoms. The summed E-state index contributed by atoms with van der Waals surface area (Å²) in [5, 5.41) is 9.10. The second-order valence-electron chi connectivity index (χ2n) is 4.13. The summed E-state index contributed by atoms with van der Waals surface area (Å²) in [4.78, 5) is 11.4. The van der Waals surface area contributed by atoms with Crippen LogP contribution in [-0.4, -0.2) is 36.8 Å². The van der Waals surface area contributed by atoms with Crippen molar-refractivity contribution in [1.29, 1.82) is 0 Å². The van der Waals surface area contributed by atoms with Gasteiger partial charge in [0, 0.05) is 81.3 Å². The Hall–Kier alpha value is 0.560. The van der Waals surface area contributed by atoms with E-state index in [1.165, 1.54) is 10.7 Å². The van der Waals surface area contributed by atoms with Crippen molar-refractivity contribution in [2.24, 2.45) is 10.5 Å². The van der Waals surface area contributed by atoms with Gasteiger partial charge in [0.15, 0.2) is 0 Å². The number of hydrogen-bond donors (Lipinski definition) is 1. The van der Waals surface area contributed by atoms with Gasteiger partial charge in [-0.25, -0.2) is 5.01 Å². The fraction of sp³-hybridized carbons (Fsp3) is 0.778. The molecule has 2 rings (SSSR count). The van der Waals surface area contributed by atoms with E-state index in [9.17, 15) is 4.79 Å². The maximum atomic E-state index is 11.4. The molecule has 0 aromatic rings. The molecular weight excluding hydrogens is 420 g/mol. The topological polar surface area (TPSA) is 44.7 Å². The average molecular weight is 435 g/mol. The van der Waals surface area contributed by atoms with Crippen LogP contribution in [0.2, 0.25) is 0 Å². The fourth-order valence-electron chi connectivity index (χ4n) is 2.00. The van der Waals surface area contributed by atoms with Crippen molar-refractivity contribution in [1.82, 2.24) is 10.3 Å². The molecule has 0 radical (unpaired) electrons. The van der Waals surface area contributed by atoms with Crippen molar-refractivity contribution >= 4 is 48.9 Å². The molecule has 1 atom stereocenters. The van der Waals surface area contributed by atoms with E-state index in [0.29, 0.717) is 6.42 Å². The Labute approximate surface area is 114 Å². The van der Waals surface area contributed by atoms with Gasteiger partial charge in [0.05, 0.1) is 0 Å². The number of carbonyl (C=O) groups excluding carboxylic acids is 1. The maximum absolute atomic E-state index is 11.4. The highest BCUT2D eigenvalue weighted by atomic mass is 128. The molecule has 0 aliphatic carbocycles. The summed E-state index contributed by atoms with van der Waals surface area (Å²) < 4.78 is 0. The Balaban J connectivity index is 0.000000531. The second kappa shape index (κ2) is 5.76. The van der Waals surface area contributed by atoms with Crippen LogP contribution in [0.5, 0.6) is 0 Å². The van der Waals surface area contributed by atoms with Crippen LogP contribution in [0.1, 0.15) is 19.8 Å². The molecule has 0 aromatic heterocycles. The van der Waals surface area contributed by atoms with Gasteiger partial charge in [0.25, 0.3) is 0 Å². The number of piperidine rings is 1. The lowest BCUT2D eigenvalue weighted by atomic mass is 9.77. The number of fused-ring (bicyclic) bond motifs is 1. The van der Waals surface area contributed by atoms with Crippen molar-refractivity contribution in [3.05, 3.63) is 0 Å². The molecule has 4 nitrogen and oxygen atoms in total. The molecule has 0 aromatic carbocycles. The first-order chi connectivity index (χ1) is 7.12. The summed E-state index contributed by atoms with van der Waals surface area (Å²) in [6, 6.07) is 0. The summed E-state index contributed by atoms with van der Waals surface area (Å²) in [5.74, 6) is 0.120. The highest BCUT2D eigenvalue weighted by Gasteiger charge is 2.39. The lowest BCUT2D eigenvalue weighted by Crippen LogP contribution is -2.51. The molecule has 15 heavy (non-hydrogen) atoms. The minimum Gasteiger partial charge on any atom is -0.315 e. The van der Waals surface area contributed by atoms with Crippen LogP contribution >= 0.6 is 37.2 Å². The van der Waals surface area contributed by atoms with Gasteiger partial charge in [-0.1, -0.05) is 6.92 Å². The number of amides is 1. The third-order valence-electron chi connectivity index (χ3n) is 2.92. The highest BCUT2D eigenvalue weighted by Crippen LogP contribution is 2.31. The Morgan fingerprint density at radius 2 is 2.20 bits per heavy atom. The molecule has 6 heteroatoms. The molecule has 0 saturated carbocycles. The summed E-state index contributed by atoms with van der Waals surface area (Å²) >= 11 is 4.24. The molecule has 0 spiro atoms. The van der Waals surface area contributed by atoms with Crippen molar-refractivity contribution in [2.75, 3.05) is 20.1 Å². The molecule has 1 amide bonds. The van der Waals surface area contributed by atoms with E-state index in [1.54, 1.807) is 7.05 Å². The Kier molecular flexibility index (Phi) is 5.23. The number of rotatable bonds is 0. The van der Waals surface area contributed by atoms with Gasteiger partial charge < -0.3 is 5.32 Å². The van der Waals surface area contributed by atoms with E-state index in [-0.39, 0.29) is 11.3 Å². The van der Waals surface area contributed by atoms with Crippen molar-refractivity contribution < 1.29 is 4.79 Å². The van der Waals surface area contributed by atoms with Gasteiger partial charge >= 0.3 is 0 Å². The van der Waals surface area contributed by atoms with E-state index in [4.69, 9.17) is 0 Å². The van der Waals surface area contributed by atoms with Gasteiger partial charge in [-0.2, -0.15) is 5.10 Å². The minimum atomic E-state index is -0.0259. The van der Waals surface area contributed by atoms with Crippen molar-refractivity contribution in [3.63, 3.8) is 0 Å². The molecule has 1 fully saturated rings. The Bertz CT molecular complexity index is 283. The Morgan fingerprint density at radius 3 is 2.87 bits per heavy atom. The number of hydrazone groups is 1. The molecule has 2 heterocycles. The van der Waals surface area contributed by atoms with Crippen LogP contribution in [0.3, 0.4) is 0 Å². The largest absolute Gasteiger partial charge is 0.315 e. The SMILES string of the molecule is CN1N=C2CCNCC2(C)CC1=O.II. The smallest absolute Gasteiger partial charge is 0.243 e. The normalized spacial score (nSPS) is 30.0. The number of nitrogens with one attached hydrogen (secondary N) is 1. The predicted molar refractivity (Wildman–Crippen MR) is 78.5 cm³/mol. The van der Waals surface area contributed by atoms with E-state index >= 15 is 0 Å². The molecule has 2 aliphatic heterocycles. The zero-order chi connectivity index (χ0) is 11.5. The van der Waals surface area contributed by atoms with E-state index in [2.05, 4.69) is 54.6 Å². The van der Waals surface area contributed by atoms with E-state index < -0.39 is 0 Å². The molecule has 2 aliphatic rings.